The Bertz CT molecular complexity index is 1550. The van der Waals surface area contributed by atoms with E-state index in [1.54, 1.807) is 12.1 Å². The third-order valence-corrected chi connectivity index (χ3v) is 6.31. The van der Waals surface area contributed by atoms with Crippen molar-refractivity contribution in [1.29, 1.82) is 0 Å². The summed E-state index contributed by atoms with van der Waals surface area (Å²) in [6.45, 7) is 0.927. The molecule has 0 unspecified atom stereocenters. The number of aromatic nitrogens is 1. The molecule has 9 nitrogen and oxygen atoms in total. The molecule has 0 spiro atoms. The van der Waals surface area contributed by atoms with Gasteiger partial charge in [0.1, 0.15) is 5.56 Å². The molecule has 3 heterocycles. The zero-order valence-corrected chi connectivity index (χ0v) is 19.8. The molecule has 0 radical (unpaired) electrons. The molecular formula is C26H19ClN2O7. The Morgan fingerprint density at radius 2 is 1.86 bits per heavy atom. The van der Waals surface area contributed by atoms with Gasteiger partial charge in [0, 0.05) is 18.6 Å². The van der Waals surface area contributed by atoms with Gasteiger partial charge in [0.2, 0.25) is 12.5 Å². The average molecular weight is 507 g/mol. The summed E-state index contributed by atoms with van der Waals surface area (Å²) in [4.78, 5) is 23.8. The van der Waals surface area contributed by atoms with Crippen molar-refractivity contribution in [3.05, 3.63) is 82.0 Å². The molecule has 0 bridgehead atoms. The number of aryl methyl sites for hydroxylation is 2. The van der Waals surface area contributed by atoms with Crippen molar-refractivity contribution in [2.75, 3.05) is 13.9 Å². The lowest BCUT2D eigenvalue weighted by molar-refractivity contribution is -0.686. The van der Waals surface area contributed by atoms with Crippen LogP contribution in [0.2, 0.25) is 0 Å². The number of hydrogen-bond acceptors (Lipinski definition) is 7. The number of pyridine rings is 1. The number of carbonyl (C=O) groups is 1. The van der Waals surface area contributed by atoms with E-state index in [0.717, 1.165) is 28.8 Å². The predicted molar refractivity (Wildman–Crippen MR) is 124 cm³/mol. The van der Waals surface area contributed by atoms with E-state index in [9.17, 15) is 14.9 Å². The third kappa shape index (κ3) is 3.74. The standard InChI is InChI=1S/C26H19N2O7.ClH/c1-32-22-7-6-15-10-21-18-12-24-23(33-14-34-24)11-16(18)8-9-27(21)13-19(15)25(22)35-26(29)17-4-2-3-5-20(17)28(30)31;/h2-7,10-13H,8-9,14H2,1H3;1H/q+1;/p-1. The van der Waals surface area contributed by atoms with Crippen LogP contribution < -0.4 is 35.9 Å². The minimum Gasteiger partial charge on any atom is -1.00 e. The number of nitro groups is 1. The maximum atomic E-state index is 13.0. The summed E-state index contributed by atoms with van der Waals surface area (Å²) >= 11 is 0. The number of nitro benzene ring substituents is 1. The Balaban J connectivity index is 0.00000267. The highest BCUT2D eigenvalue weighted by molar-refractivity contribution is 5.99. The lowest BCUT2D eigenvalue weighted by Gasteiger charge is -2.17. The van der Waals surface area contributed by atoms with Gasteiger partial charge >= 0.3 is 5.97 Å². The van der Waals surface area contributed by atoms with E-state index in [1.807, 2.05) is 30.5 Å². The molecule has 4 aromatic rings. The second-order valence-electron chi connectivity index (χ2n) is 8.23. The Morgan fingerprint density at radius 1 is 1.08 bits per heavy atom. The number of para-hydroxylation sites is 1. The fourth-order valence-electron chi connectivity index (χ4n) is 4.62. The largest absolute Gasteiger partial charge is 1.00 e. The van der Waals surface area contributed by atoms with Gasteiger partial charge in [-0.2, -0.15) is 4.57 Å². The summed E-state index contributed by atoms with van der Waals surface area (Å²) in [6, 6.07) is 15.3. The maximum absolute atomic E-state index is 13.0. The monoisotopic (exact) mass is 506 g/mol. The van der Waals surface area contributed by atoms with Crippen LogP contribution in [0, 0.1) is 10.1 Å². The highest BCUT2D eigenvalue weighted by Gasteiger charge is 2.30. The molecule has 0 N–H and O–H groups in total. The molecule has 2 aliphatic rings. The van der Waals surface area contributed by atoms with Gasteiger partial charge in [0.05, 0.1) is 23.0 Å². The van der Waals surface area contributed by atoms with Crippen LogP contribution in [0.5, 0.6) is 23.0 Å². The molecular weight excluding hydrogens is 488 g/mol. The van der Waals surface area contributed by atoms with Crippen LogP contribution in [0.25, 0.3) is 22.0 Å². The zero-order valence-electron chi connectivity index (χ0n) is 19.0. The first kappa shape index (κ1) is 23.4. The fourth-order valence-corrected chi connectivity index (χ4v) is 4.62. The van der Waals surface area contributed by atoms with E-state index in [1.165, 1.54) is 30.9 Å². The molecule has 0 saturated heterocycles. The van der Waals surface area contributed by atoms with Gasteiger partial charge in [-0.05, 0) is 41.3 Å². The summed E-state index contributed by atoms with van der Waals surface area (Å²) in [5, 5.41) is 12.9. The smallest absolute Gasteiger partial charge is 0.350 e. The molecule has 182 valence electrons. The number of esters is 1. The van der Waals surface area contributed by atoms with Crippen molar-refractivity contribution in [3.63, 3.8) is 0 Å². The van der Waals surface area contributed by atoms with Crippen molar-refractivity contribution in [3.8, 4) is 34.3 Å². The minimum atomic E-state index is -0.830. The van der Waals surface area contributed by atoms with E-state index < -0.39 is 10.9 Å². The fraction of sp³-hybridized carbons (Fsp3) is 0.154. The predicted octanol–water partition coefficient (Wildman–Crippen LogP) is 1.22. The first-order chi connectivity index (χ1) is 17.0. The average Bonchev–Trinajstić information content (AvgIpc) is 3.34. The number of rotatable bonds is 4. The number of ether oxygens (including phenoxy) is 4. The van der Waals surface area contributed by atoms with E-state index in [2.05, 4.69) is 4.57 Å². The molecule has 10 heteroatoms. The summed E-state index contributed by atoms with van der Waals surface area (Å²) in [5.41, 5.74) is 2.77. The van der Waals surface area contributed by atoms with Crippen molar-refractivity contribution in [1.82, 2.24) is 0 Å². The first-order valence-electron chi connectivity index (χ1n) is 11.0. The number of hydrogen-bond donors (Lipinski definition) is 0. The molecule has 0 saturated carbocycles. The summed E-state index contributed by atoms with van der Waals surface area (Å²) in [5.74, 6) is 1.20. The topological polar surface area (TPSA) is 101 Å². The summed E-state index contributed by atoms with van der Waals surface area (Å²) < 4.78 is 24.4. The number of carbonyl (C=O) groups excluding carboxylic acids is 1. The zero-order chi connectivity index (χ0) is 24.1. The van der Waals surface area contributed by atoms with E-state index >= 15 is 0 Å². The first-order valence-corrected chi connectivity index (χ1v) is 11.0. The van der Waals surface area contributed by atoms with Crippen LogP contribution >= 0.6 is 0 Å². The molecule has 6 rings (SSSR count). The quantitative estimate of drug-likeness (QED) is 0.135. The molecule has 0 aliphatic carbocycles. The molecule has 0 fully saturated rings. The van der Waals surface area contributed by atoms with E-state index in [0.29, 0.717) is 23.4 Å². The third-order valence-electron chi connectivity index (χ3n) is 6.31. The highest BCUT2D eigenvalue weighted by atomic mass is 35.5. The SMILES string of the molecule is COc1ccc2cc3[n+](cc2c1OC(=O)c1ccccc1[N+](=O)[O-])CCc1cc2c(cc1-3)OCO2.[Cl-]. The number of nitrogens with zero attached hydrogens (tertiary/aromatic N) is 2. The molecule has 36 heavy (non-hydrogen) atoms. The Hall–Kier alpha value is -4.37. The molecule has 3 aromatic carbocycles. The van der Waals surface area contributed by atoms with Gasteiger partial charge in [0.15, 0.2) is 35.7 Å². The van der Waals surface area contributed by atoms with Gasteiger partial charge in [0.25, 0.3) is 5.69 Å². The van der Waals surface area contributed by atoms with Gasteiger partial charge in [-0.15, -0.1) is 0 Å². The van der Waals surface area contributed by atoms with Gasteiger partial charge in [-0.1, -0.05) is 12.1 Å². The second kappa shape index (κ2) is 9.01. The van der Waals surface area contributed by atoms with Crippen molar-refractivity contribution in [2.45, 2.75) is 13.0 Å². The molecule has 0 amide bonds. The van der Waals surface area contributed by atoms with Gasteiger partial charge in [-0.25, -0.2) is 4.79 Å². The lowest BCUT2D eigenvalue weighted by Crippen LogP contribution is -3.00. The number of methoxy groups -OCH3 is 1. The van der Waals surface area contributed by atoms with Crippen molar-refractivity contribution >= 4 is 22.4 Å². The summed E-state index contributed by atoms with van der Waals surface area (Å²) in [6.07, 6.45) is 2.72. The van der Waals surface area contributed by atoms with Crippen LogP contribution in [0.3, 0.4) is 0 Å². The lowest BCUT2D eigenvalue weighted by atomic mass is 9.95. The molecule has 2 aliphatic heterocycles. The Kier molecular flexibility index (Phi) is 5.85. The Morgan fingerprint density at radius 3 is 2.64 bits per heavy atom. The van der Waals surface area contributed by atoms with Gasteiger partial charge < -0.3 is 31.4 Å². The maximum Gasteiger partial charge on any atom is 0.350 e. The van der Waals surface area contributed by atoms with Crippen LogP contribution in [-0.2, 0) is 13.0 Å². The van der Waals surface area contributed by atoms with Crippen LogP contribution in [-0.4, -0.2) is 24.8 Å². The van der Waals surface area contributed by atoms with Crippen LogP contribution in [0.1, 0.15) is 15.9 Å². The molecule has 1 aromatic heterocycles. The highest BCUT2D eigenvalue weighted by Crippen LogP contribution is 2.42. The van der Waals surface area contributed by atoms with Crippen LogP contribution in [0.4, 0.5) is 5.69 Å². The van der Waals surface area contributed by atoms with E-state index in [4.69, 9.17) is 18.9 Å². The number of halogens is 1. The normalized spacial score (nSPS) is 12.8. The van der Waals surface area contributed by atoms with Gasteiger partial charge in [-0.3, -0.25) is 10.1 Å². The number of fused-ring (bicyclic) bond motifs is 5. The summed E-state index contributed by atoms with van der Waals surface area (Å²) in [7, 11) is 1.48. The van der Waals surface area contributed by atoms with Crippen molar-refractivity contribution in [2.24, 2.45) is 0 Å². The van der Waals surface area contributed by atoms with E-state index in [-0.39, 0.29) is 36.2 Å². The van der Waals surface area contributed by atoms with Crippen LogP contribution in [0.15, 0.2) is 60.8 Å². The number of benzene rings is 3. The van der Waals surface area contributed by atoms with Crippen molar-refractivity contribution < 1.29 is 45.6 Å². The minimum absolute atomic E-state index is 0. The molecule has 0 atom stereocenters. The Labute approximate surface area is 211 Å². The second-order valence-corrected chi connectivity index (χ2v) is 8.23.